The van der Waals surface area contributed by atoms with Crippen molar-refractivity contribution in [3.8, 4) is 23.1 Å². The number of furan rings is 1. The Kier molecular flexibility index (Phi) is 5.30. The Hall–Kier alpha value is -3.20. The largest absolute Gasteiger partial charge is 0.493 e. The molecule has 2 aromatic heterocycles. The normalized spacial score (nSPS) is 16.1. The lowest BCUT2D eigenvalue weighted by Crippen LogP contribution is -2.25. The number of amides is 2. The first kappa shape index (κ1) is 19.1. The fourth-order valence-electron chi connectivity index (χ4n) is 2.91. The number of ether oxygens (including phenoxy) is 2. The maximum atomic E-state index is 11.8. The summed E-state index contributed by atoms with van der Waals surface area (Å²) in [5, 5.41) is 1.54. The molecule has 29 heavy (non-hydrogen) atoms. The second-order valence-electron chi connectivity index (χ2n) is 6.36. The molecule has 0 aliphatic carbocycles. The van der Waals surface area contributed by atoms with E-state index in [9.17, 15) is 9.59 Å². The highest BCUT2D eigenvalue weighted by atomic mass is 32.2. The van der Waals surface area contributed by atoms with Crippen molar-refractivity contribution in [2.24, 2.45) is 0 Å². The Bertz CT molecular complexity index is 1040. The minimum absolute atomic E-state index is 0.196. The maximum Gasteiger partial charge on any atom is 0.286 e. The Morgan fingerprint density at radius 1 is 1.24 bits per heavy atom. The smallest absolute Gasteiger partial charge is 0.286 e. The van der Waals surface area contributed by atoms with Gasteiger partial charge in [0.25, 0.3) is 11.1 Å². The summed E-state index contributed by atoms with van der Waals surface area (Å²) >= 11 is 0.998. The van der Waals surface area contributed by atoms with E-state index >= 15 is 0 Å². The molecule has 0 radical (unpaired) electrons. The Morgan fingerprint density at radius 2 is 2.10 bits per heavy atom. The number of nitrogens with zero attached hydrogens (tertiary/aromatic N) is 1. The quantitative estimate of drug-likeness (QED) is 0.624. The molecule has 1 aliphatic heterocycles. The number of hydrogen-bond acceptors (Lipinski definition) is 8. The highest BCUT2D eigenvalue weighted by Crippen LogP contribution is 2.32. The number of benzene rings is 1. The highest BCUT2D eigenvalue weighted by Gasteiger charge is 2.31. The molecule has 4 rings (SSSR count). The van der Waals surface area contributed by atoms with Gasteiger partial charge >= 0.3 is 0 Å². The third-order valence-electron chi connectivity index (χ3n) is 4.41. The fraction of sp³-hybridized carbons (Fsp3) is 0.250. The van der Waals surface area contributed by atoms with Crippen molar-refractivity contribution in [1.29, 1.82) is 0 Å². The van der Waals surface area contributed by atoms with Gasteiger partial charge in [0.1, 0.15) is 18.1 Å². The molecule has 1 N–H and O–H groups in total. The van der Waals surface area contributed by atoms with Crippen LogP contribution in [-0.4, -0.2) is 28.5 Å². The molecule has 0 spiro atoms. The zero-order valence-corrected chi connectivity index (χ0v) is 16.6. The molecule has 3 aromatic rings. The highest BCUT2D eigenvalue weighted by molar-refractivity contribution is 8.15. The molecule has 9 heteroatoms. The van der Waals surface area contributed by atoms with E-state index in [0.29, 0.717) is 41.0 Å². The van der Waals surface area contributed by atoms with Crippen LogP contribution in [0.3, 0.4) is 0 Å². The van der Waals surface area contributed by atoms with Crippen LogP contribution in [0.1, 0.15) is 17.0 Å². The van der Waals surface area contributed by atoms with E-state index in [0.717, 1.165) is 17.3 Å². The van der Waals surface area contributed by atoms with Gasteiger partial charge in [-0.05, 0) is 43.2 Å². The predicted octanol–water partition coefficient (Wildman–Crippen LogP) is 3.72. The molecule has 8 nitrogen and oxygen atoms in total. The first-order valence-electron chi connectivity index (χ1n) is 8.85. The van der Waals surface area contributed by atoms with Gasteiger partial charge in [-0.15, -0.1) is 0 Å². The summed E-state index contributed by atoms with van der Waals surface area (Å²) < 4.78 is 22.2. The molecule has 1 fully saturated rings. The van der Waals surface area contributed by atoms with Crippen molar-refractivity contribution in [3.05, 3.63) is 53.6 Å². The first-order valence-corrected chi connectivity index (χ1v) is 9.73. The molecule has 0 bridgehead atoms. The van der Waals surface area contributed by atoms with Crippen molar-refractivity contribution < 1.29 is 27.9 Å². The Balaban J connectivity index is 1.45. The van der Waals surface area contributed by atoms with Gasteiger partial charge in [-0.1, -0.05) is 17.8 Å². The van der Waals surface area contributed by atoms with Crippen LogP contribution in [-0.2, 0) is 17.8 Å². The monoisotopic (exact) mass is 414 g/mol. The van der Waals surface area contributed by atoms with Gasteiger partial charge in [-0.25, -0.2) is 4.98 Å². The lowest BCUT2D eigenvalue weighted by Gasteiger charge is -2.12. The van der Waals surface area contributed by atoms with Crippen LogP contribution in [0.2, 0.25) is 0 Å². The standard InChI is InChI=1S/C20H18N2O6S/c1-11-13(21-19(28-11)15-4-3-7-26-15)10-27-14-6-5-12(8-16(14)25-2)9-17-18(23)22-20(24)29-17/h3-8,17H,9-10H2,1-2H3,(H,22,23,24). The average Bonchev–Trinajstić information content (AvgIpc) is 3.42. The van der Waals surface area contributed by atoms with Gasteiger partial charge in [0.15, 0.2) is 17.3 Å². The van der Waals surface area contributed by atoms with Gasteiger partial charge in [0.2, 0.25) is 5.91 Å². The lowest BCUT2D eigenvalue weighted by atomic mass is 10.1. The molecule has 1 atom stereocenters. The summed E-state index contributed by atoms with van der Waals surface area (Å²) in [6.45, 7) is 2.01. The van der Waals surface area contributed by atoms with E-state index in [1.807, 2.05) is 13.0 Å². The summed E-state index contributed by atoms with van der Waals surface area (Å²) in [5.41, 5.74) is 1.52. The second-order valence-corrected chi connectivity index (χ2v) is 7.54. The van der Waals surface area contributed by atoms with Crippen LogP contribution in [0.25, 0.3) is 11.7 Å². The minimum atomic E-state index is -0.434. The third kappa shape index (κ3) is 4.14. The predicted molar refractivity (Wildman–Crippen MR) is 105 cm³/mol. The average molecular weight is 414 g/mol. The summed E-state index contributed by atoms with van der Waals surface area (Å²) in [5.74, 6) is 2.39. The van der Waals surface area contributed by atoms with Crippen LogP contribution >= 0.6 is 11.8 Å². The van der Waals surface area contributed by atoms with E-state index in [4.69, 9.17) is 18.3 Å². The van der Waals surface area contributed by atoms with E-state index < -0.39 is 5.25 Å². The fourth-order valence-corrected chi connectivity index (χ4v) is 3.77. The van der Waals surface area contributed by atoms with E-state index in [-0.39, 0.29) is 17.8 Å². The Labute approximate surface area is 170 Å². The lowest BCUT2D eigenvalue weighted by molar-refractivity contribution is -0.118. The first-order chi connectivity index (χ1) is 14.0. The maximum absolute atomic E-state index is 11.8. The molecule has 1 saturated heterocycles. The third-order valence-corrected chi connectivity index (χ3v) is 5.39. The van der Waals surface area contributed by atoms with Crippen molar-refractivity contribution in [1.82, 2.24) is 10.3 Å². The van der Waals surface area contributed by atoms with Crippen LogP contribution in [0.5, 0.6) is 11.5 Å². The van der Waals surface area contributed by atoms with Crippen LogP contribution in [0, 0.1) is 6.92 Å². The van der Waals surface area contributed by atoms with Gasteiger partial charge in [0, 0.05) is 0 Å². The number of hydrogen-bond donors (Lipinski definition) is 1. The molecule has 1 aliphatic rings. The molecule has 1 aromatic carbocycles. The number of aryl methyl sites for hydroxylation is 1. The number of carbonyl (C=O) groups is 2. The number of carbonyl (C=O) groups excluding carboxylic acids is 2. The topological polar surface area (TPSA) is 104 Å². The second kappa shape index (κ2) is 8.04. The molecule has 0 saturated carbocycles. The van der Waals surface area contributed by atoms with E-state index in [1.165, 1.54) is 0 Å². The number of aromatic nitrogens is 1. The number of methoxy groups -OCH3 is 1. The number of nitrogens with one attached hydrogen (secondary N) is 1. The molecular weight excluding hydrogens is 396 g/mol. The minimum Gasteiger partial charge on any atom is -0.493 e. The zero-order valence-electron chi connectivity index (χ0n) is 15.8. The van der Waals surface area contributed by atoms with Crippen LogP contribution in [0.15, 0.2) is 45.4 Å². The van der Waals surface area contributed by atoms with Gasteiger partial charge in [-0.2, -0.15) is 0 Å². The number of imide groups is 1. The van der Waals surface area contributed by atoms with Crippen molar-refractivity contribution in [3.63, 3.8) is 0 Å². The number of rotatable bonds is 7. The summed E-state index contributed by atoms with van der Waals surface area (Å²) in [6.07, 6.45) is 1.98. The van der Waals surface area contributed by atoms with Crippen LogP contribution in [0.4, 0.5) is 4.79 Å². The van der Waals surface area contributed by atoms with Gasteiger partial charge < -0.3 is 18.3 Å². The summed E-state index contributed by atoms with van der Waals surface area (Å²) in [4.78, 5) is 27.5. The van der Waals surface area contributed by atoms with Gasteiger partial charge in [0.05, 0.1) is 18.6 Å². The molecule has 2 amide bonds. The summed E-state index contributed by atoms with van der Waals surface area (Å²) in [7, 11) is 1.54. The van der Waals surface area contributed by atoms with Crippen molar-refractivity contribution in [2.45, 2.75) is 25.2 Å². The van der Waals surface area contributed by atoms with Crippen LogP contribution < -0.4 is 14.8 Å². The molecule has 3 heterocycles. The van der Waals surface area contributed by atoms with Crippen molar-refractivity contribution >= 4 is 22.9 Å². The molecular formula is C20H18N2O6S. The van der Waals surface area contributed by atoms with E-state index in [1.54, 1.807) is 37.6 Å². The van der Waals surface area contributed by atoms with Crippen molar-refractivity contribution in [2.75, 3.05) is 7.11 Å². The Morgan fingerprint density at radius 3 is 2.79 bits per heavy atom. The SMILES string of the molecule is COc1cc(CC2SC(=O)NC2=O)ccc1OCc1nc(-c2ccco2)oc1C. The number of thioether (sulfide) groups is 1. The molecule has 150 valence electrons. The number of oxazole rings is 1. The van der Waals surface area contributed by atoms with Gasteiger partial charge in [-0.3, -0.25) is 14.9 Å². The van der Waals surface area contributed by atoms with E-state index in [2.05, 4.69) is 10.3 Å². The summed E-state index contributed by atoms with van der Waals surface area (Å²) in [6, 6.07) is 8.96. The molecule has 1 unspecified atom stereocenters. The zero-order chi connectivity index (χ0) is 20.4.